The van der Waals surface area contributed by atoms with Gasteiger partial charge in [-0.05, 0) is 41.3 Å². The van der Waals surface area contributed by atoms with Gasteiger partial charge in [0.05, 0.1) is 35.4 Å². The number of pyridine rings is 1. The molecule has 0 bridgehead atoms. The van der Waals surface area contributed by atoms with E-state index in [0.717, 1.165) is 26.4 Å². The second-order valence-electron chi connectivity index (χ2n) is 6.16. The van der Waals surface area contributed by atoms with Crippen LogP contribution in [0.2, 0.25) is 0 Å². The summed E-state index contributed by atoms with van der Waals surface area (Å²) in [6.45, 7) is 0. The van der Waals surface area contributed by atoms with Crippen molar-refractivity contribution in [3.05, 3.63) is 58.3 Å². The van der Waals surface area contributed by atoms with Crippen LogP contribution in [0.4, 0.5) is 5.69 Å². The molecule has 0 saturated carbocycles. The average molecular weight is 411 g/mol. The summed E-state index contributed by atoms with van der Waals surface area (Å²) in [5.41, 5.74) is 8.50. The highest BCUT2D eigenvalue weighted by Gasteiger charge is 2.19. The van der Waals surface area contributed by atoms with Crippen LogP contribution in [0.25, 0.3) is 20.8 Å². The van der Waals surface area contributed by atoms with Gasteiger partial charge in [0, 0.05) is 11.8 Å². The van der Waals surface area contributed by atoms with Crippen molar-refractivity contribution in [1.82, 2.24) is 4.98 Å². The molecule has 4 aromatic rings. The summed E-state index contributed by atoms with van der Waals surface area (Å²) in [7, 11) is 3.16. The molecule has 0 unspecified atom stereocenters. The molecule has 142 valence electrons. The zero-order valence-electron chi connectivity index (χ0n) is 15.4. The Kier molecular flexibility index (Phi) is 5.02. The maximum atomic E-state index is 12.9. The van der Waals surface area contributed by atoms with Crippen molar-refractivity contribution in [3.63, 3.8) is 0 Å². The zero-order valence-corrected chi connectivity index (χ0v) is 17.0. The topological polar surface area (TPSA) is 74.4 Å². The van der Waals surface area contributed by atoms with Gasteiger partial charge in [-0.2, -0.15) is 0 Å². The van der Waals surface area contributed by atoms with Crippen LogP contribution in [0, 0.1) is 0 Å². The van der Waals surface area contributed by atoms with Crippen LogP contribution < -0.4 is 15.2 Å². The largest absolute Gasteiger partial charge is 0.493 e. The van der Waals surface area contributed by atoms with E-state index in [1.165, 1.54) is 11.3 Å². The summed E-state index contributed by atoms with van der Waals surface area (Å²) in [6.07, 6.45) is 0.231. The molecule has 28 heavy (non-hydrogen) atoms. The van der Waals surface area contributed by atoms with E-state index in [9.17, 15) is 4.79 Å². The number of Topliss-reactive ketones (excluding diaryl/α,β-unsaturated/α-hetero) is 1. The van der Waals surface area contributed by atoms with Crippen LogP contribution in [0.15, 0.2) is 47.8 Å². The number of ketones is 1. The Morgan fingerprint density at radius 3 is 2.64 bits per heavy atom. The van der Waals surface area contributed by atoms with E-state index in [1.807, 2.05) is 41.8 Å². The van der Waals surface area contributed by atoms with Gasteiger partial charge < -0.3 is 15.2 Å². The third-order valence-electron chi connectivity index (χ3n) is 4.43. The van der Waals surface area contributed by atoms with Crippen molar-refractivity contribution in [2.24, 2.45) is 0 Å². The smallest absolute Gasteiger partial charge is 0.179 e. The number of nitrogens with zero attached hydrogens (tertiary/aromatic N) is 1. The number of nitrogens with two attached hydrogens (primary N) is 1. The first kappa shape index (κ1) is 18.5. The highest BCUT2D eigenvalue weighted by Crippen LogP contribution is 2.36. The summed E-state index contributed by atoms with van der Waals surface area (Å²) in [4.78, 5) is 20.0. The van der Waals surface area contributed by atoms with Crippen molar-refractivity contribution >= 4 is 44.4 Å². The highest BCUT2D eigenvalue weighted by atomic mass is 32.1. The van der Waals surface area contributed by atoms with E-state index < -0.39 is 0 Å². The molecule has 0 aliphatic rings. The molecule has 0 spiro atoms. The van der Waals surface area contributed by atoms with Gasteiger partial charge in [0.1, 0.15) is 4.83 Å². The average Bonchev–Trinajstić information content (AvgIpc) is 3.36. The third kappa shape index (κ3) is 3.34. The molecular weight excluding hydrogens is 392 g/mol. The van der Waals surface area contributed by atoms with E-state index in [4.69, 9.17) is 20.2 Å². The molecule has 3 heterocycles. The molecule has 0 radical (unpaired) electrons. The van der Waals surface area contributed by atoms with E-state index in [0.29, 0.717) is 22.1 Å². The molecule has 0 atom stereocenters. The number of carbonyl (C=O) groups excluding carboxylic acids is 1. The minimum Gasteiger partial charge on any atom is -0.493 e. The molecule has 0 amide bonds. The summed E-state index contributed by atoms with van der Waals surface area (Å²) >= 11 is 2.98. The van der Waals surface area contributed by atoms with Crippen molar-refractivity contribution in [2.75, 3.05) is 20.0 Å². The van der Waals surface area contributed by atoms with Gasteiger partial charge in [0.25, 0.3) is 0 Å². The molecule has 0 aliphatic heterocycles. The minimum absolute atomic E-state index is 0.0367. The number of methoxy groups -OCH3 is 2. The van der Waals surface area contributed by atoms with Gasteiger partial charge in [-0.3, -0.25) is 4.79 Å². The van der Waals surface area contributed by atoms with E-state index in [-0.39, 0.29) is 12.2 Å². The Balaban J connectivity index is 1.65. The predicted octanol–water partition coefficient (Wildman–Crippen LogP) is 5.05. The number of carbonyl (C=O) groups is 1. The van der Waals surface area contributed by atoms with Gasteiger partial charge >= 0.3 is 0 Å². The van der Waals surface area contributed by atoms with Gasteiger partial charge in [-0.15, -0.1) is 22.7 Å². The van der Waals surface area contributed by atoms with Crippen LogP contribution >= 0.6 is 22.7 Å². The van der Waals surface area contributed by atoms with Crippen molar-refractivity contribution < 1.29 is 14.3 Å². The number of ether oxygens (including phenoxy) is 2. The number of hydrogen-bond acceptors (Lipinski definition) is 7. The molecule has 7 heteroatoms. The van der Waals surface area contributed by atoms with E-state index in [2.05, 4.69) is 0 Å². The lowest BCUT2D eigenvalue weighted by Gasteiger charge is -2.09. The molecule has 3 aromatic heterocycles. The summed E-state index contributed by atoms with van der Waals surface area (Å²) < 4.78 is 10.6. The number of hydrogen-bond donors (Lipinski definition) is 1. The Labute approximate surface area is 170 Å². The first-order valence-corrected chi connectivity index (χ1v) is 10.3. The molecule has 2 N–H and O–H groups in total. The SMILES string of the molecule is COc1ccc(CC(=O)c2sc3nc(-c4cccs4)ccc3c2N)cc1OC. The van der Waals surface area contributed by atoms with Gasteiger partial charge in [0.15, 0.2) is 17.3 Å². The Bertz CT molecular complexity index is 1150. The Morgan fingerprint density at radius 2 is 1.93 bits per heavy atom. The third-order valence-corrected chi connectivity index (χ3v) is 6.48. The second kappa shape index (κ2) is 7.61. The maximum Gasteiger partial charge on any atom is 0.179 e. The number of thiophene rings is 2. The number of aromatic nitrogens is 1. The monoisotopic (exact) mass is 410 g/mol. The van der Waals surface area contributed by atoms with Crippen LogP contribution in [-0.2, 0) is 6.42 Å². The summed E-state index contributed by atoms with van der Waals surface area (Å²) in [6, 6.07) is 13.4. The highest BCUT2D eigenvalue weighted by molar-refractivity contribution is 7.21. The lowest BCUT2D eigenvalue weighted by molar-refractivity contribution is 0.0997. The van der Waals surface area contributed by atoms with Crippen molar-refractivity contribution in [3.8, 4) is 22.1 Å². The van der Waals surface area contributed by atoms with Crippen LogP contribution in [-0.4, -0.2) is 25.0 Å². The number of benzene rings is 1. The van der Waals surface area contributed by atoms with Crippen molar-refractivity contribution in [2.45, 2.75) is 6.42 Å². The van der Waals surface area contributed by atoms with Crippen LogP contribution in [0.3, 0.4) is 0 Å². The zero-order chi connectivity index (χ0) is 19.7. The Hall–Kier alpha value is -2.90. The summed E-state index contributed by atoms with van der Waals surface area (Å²) in [5, 5.41) is 2.84. The quantitative estimate of drug-likeness (QED) is 0.450. The number of anilines is 1. The van der Waals surface area contributed by atoms with Gasteiger partial charge in [0.2, 0.25) is 0 Å². The van der Waals surface area contributed by atoms with E-state index in [1.54, 1.807) is 31.6 Å². The molecule has 5 nitrogen and oxygen atoms in total. The standard InChI is InChI=1S/C21H18N2O3S2/c1-25-16-8-5-12(11-17(16)26-2)10-15(24)20-19(22)13-6-7-14(23-21(13)28-20)18-4-3-9-27-18/h3-9,11H,10,22H2,1-2H3. The van der Waals surface area contributed by atoms with Crippen molar-refractivity contribution in [1.29, 1.82) is 0 Å². The minimum atomic E-state index is -0.0367. The fraction of sp³-hybridized carbons (Fsp3) is 0.143. The molecule has 0 aliphatic carbocycles. The molecule has 0 saturated heterocycles. The van der Waals surface area contributed by atoms with Gasteiger partial charge in [-0.25, -0.2) is 4.98 Å². The first-order chi connectivity index (χ1) is 13.6. The fourth-order valence-electron chi connectivity index (χ4n) is 3.02. The van der Waals surface area contributed by atoms with E-state index >= 15 is 0 Å². The normalized spacial score (nSPS) is 10.9. The predicted molar refractivity (Wildman–Crippen MR) is 115 cm³/mol. The fourth-order valence-corrected chi connectivity index (χ4v) is 4.75. The molecular formula is C21H18N2O3S2. The molecule has 0 fully saturated rings. The lowest BCUT2D eigenvalue weighted by Crippen LogP contribution is -2.04. The summed E-state index contributed by atoms with van der Waals surface area (Å²) in [5.74, 6) is 1.19. The maximum absolute atomic E-state index is 12.9. The molecule has 4 rings (SSSR count). The number of rotatable bonds is 6. The lowest BCUT2D eigenvalue weighted by atomic mass is 10.1. The number of nitrogen functional groups attached to an aromatic ring is 1. The number of fused-ring (bicyclic) bond motifs is 1. The van der Waals surface area contributed by atoms with Gasteiger partial charge in [-0.1, -0.05) is 12.1 Å². The van der Waals surface area contributed by atoms with Crippen LogP contribution in [0.1, 0.15) is 15.2 Å². The van der Waals surface area contributed by atoms with Crippen LogP contribution in [0.5, 0.6) is 11.5 Å². The second-order valence-corrected chi connectivity index (χ2v) is 8.11. The Morgan fingerprint density at radius 1 is 1.11 bits per heavy atom. The molecule has 1 aromatic carbocycles. The first-order valence-electron chi connectivity index (χ1n) is 8.57.